The lowest BCUT2D eigenvalue weighted by atomic mass is 9.87. The van der Waals surface area contributed by atoms with Crippen LogP contribution < -0.4 is 16.0 Å². The Bertz CT molecular complexity index is 865. The van der Waals surface area contributed by atoms with Crippen LogP contribution in [0.2, 0.25) is 0 Å². The molecule has 9 nitrogen and oxygen atoms in total. The predicted molar refractivity (Wildman–Crippen MR) is 139 cm³/mol. The number of amides is 3. The van der Waals surface area contributed by atoms with Gasteiger partial charge in [-0.1, -0.05) is 12.1 Å². The molecule has 0 unspecified atom stereocenters. The van der Waals surface area contributed by atoms with Crippen molar-refractivity contribution < 1.29 is 28.6 Å². The molecule has 2 heterocycles. The molecule has 10 heteroatoms. The second kappa shape index (κ2) is 14.5. The lowest BCUT2D eigenvalue weighted by molar-refractivity contribution is -0.0547. The molecule has 0 radical (unpaired) electrons. The number of ether oxygens (including phenoxy) is 2. The maximum Gasteiger partial charge on any atom is 0.404 e. The minimum atomic E-state index is -1.12. The Morgan fingerprint density at radius 2 is 2.03 bits per heavy atom. The molecule has 0 aliphatic carbocycles. The van der Waals surface area contributed by atoms with Gasteiger partial charge in [0.15, 0.2) is 0 Å². The van der Waals surface area contributed by atoms with Crippen LogP contribution in [0.15, 0.2) is 24.3 Å². The third-order valence-corrected chi connectivity index (χ3v) is 7.22. The third kappa shape index (κ3) is 9.43. The summed E-state index contributed by atoms with van der Waals surface area (Å²) >= 11 is 0. The highest BCUT2D eigenvalue weighted by Crippen LogP contribution is 2.33. The molecule has 0 aromatic heterocycles. The van der Waals surface area contributed by atoms with Crippen LogP contribution in [0.4, 0.5) is 14.0 Å². The van der Waals surface area contributed by atoms with E-state index in [1.807, 2.05) is 18.0 Å². The first kappa shape index (κ1) is 29.1. The van der Waals surface area contributed by atoms with Gasteiger partial charge in [0.25, 0.3) is 0 Å². The average molecular weight is 523 g/mol. The van der Waals surface area contributed by atoms with Crippen LogP contribution in [-0.2, 0) is 9.47 Å². The Balaban J connectivity index is 1.63. The maximum atomic E-state index is 14.0. The van der Waals surface area contributed by atoms with Gasteiger partial charge >= 0.3 is 12.1 Å². The Labute approximate surface area is 219 Å². The molecule has 2 saturated heterocycles. The Hall–Kier alpha value is -2.43. The van der Waals surface area contributed by atoms with E-state index in [0.29, 0.717) is 31.1 Å². The summed E-state index contributed by atoms with van der Waals surface area (Å²) in [5.41, 5.74) is 0.693. The molecule has 6 atom stereocenters. The van der Waals surface area contributed by atoms with Crippen LogP contribution in [0, 0.1) is 17.7 Å². The van der Waals surface area contributed by atoms with Crippen LogP contribution in [0.1, 0.15) is 57.6 Å². The molecule has 2 aliphatic heterocycles. The first-order valence-corrected chi connectivity index (χ1v) is 13.4. The van der Waals surface area contributed by atoms with Crippen molar-refractivity contribution in [2.24, 2.45) is 11.8 Å². The van der Waals surface area contributed by atoms with Crippen LogP contribution in [0.3, 0.4) is 0 Å². The largest absolute Gasteiger partial charge is 0.465 e. The quantitative estimate of drug-likeness (QED) is 0.329. The van der Waals surface area contributed by atoms with Crippen LogP contribution in [-0.4, -0.2) is 80.2 Å². The number of likely N-dealkylation sites (tertiary alicyclic amines) is 1. The summed E-state index contributed by atoms with van der Waals surface area (Å²) in [5, 5.41) is 17.6. The molecule has 0 saturated carbocycles. The zero-order valence-corrected chi connectivity index (χ0v) is 22.2. The van der Waals surface area contributed by atoms with Gasteiger partial charge in [-0.3, -0.25) is 0 Å². The van der Waals surface area contributed by atoms with Crippen molar-refractivity contribution in [3.05, 3.63) is 35.6 Å². The SMILES string of the molecule is CNC[C@H](C[C@@H]1C[C@@H](C)O[C@@H](C)C1)NC(=O)N1CCC[C@@H]([C@@H](OCCNC(=O)O)c2cccc(F)c2)C1. The minimum Gasteiger partial charge on any atom is -0.465 e. The highest BCUT2D eigenvalue weighted by Gasteiger charge is 2.33. The maximum absolute atomic E-state index is 14.0. The predicted octanol–water partition coefficient (Wildman–Crippen LogP) is 3.75. The molecule has 4 N–H and O–H groups in total. The van der Waals surface area contributed by atoms with E-state index in [0.717, 1.165) is 32.1 Å². The number of carbonyl (C=O) groups excluding carboxylic acids is 1. The lowest BCUT2D eigenvalue weighted by Gasteiger charge is -2.38. The summed E-state index contributed by atoms with van der Waals surface area (Å²) in [6, 6.07) is 6.21. The van der Waals surface area contributed by atoms with E-state index in [2.05, 4.69) is 29.8 Å². The summed E-state index contributed by atoms with van der Waals surface area (Å²) in [6.45, 7) is 6.33. The summed E-state index contributed by atoms with van der Waals surface area (Å²) < 4.78 is 26.0. The van der Waals surface area contributed by atoms with Gasteiger partial charge in [0.2, 0.25) is 0 Å². The number of urea groups is 1. The highest BCUT2D eigenvalue weighted by molar-refractivity contribution is 5.74. The second-order valence-corrected chi connectivity index (χ2v) is 10.5. The highest BCUT2D eigenvalue weighted by atomic mass is 19.1. The number of rotatable bonds is 11. The molecule has 1 aromatic carbocycles. The molecule has 3 rings (SSSR count). The van der Waals surface area contributed by atoms with E-state index in [-0.39, 0.29) is 49.2 Å². The van der Waals surface area contributed by atoms with Gasteiger partial charge < -0.3 is 35.4 Å². The zero-order valence-electron chi connectivity index (χ0n) is 22.2. The summed E-state index contributed by atoms with van der Waals surface area (Å²) in [7, 11) is 1.89. The number of carboxylic acid groups (broad SMARTS) is 1. The number of nitrogens with zero attached hydrogens (tertiary/aromatic N) is 1. The number of halogens is 1. The Kier molecular flexibility index (Phi) is 11.4. The van der Waals surface area contributed by atoms with Crippen LogP contribution in [0.5, 0.6) is 0 Å². The average Bonchev–Trinajstić information content (AvgIpc) is 2.83. The van der Waals surface area contributed by atoms with Gasteiger partial charge in [0, 0.05) is 38.1 Å². The van der Waals surface area contributed by atoms with Crippen molar-refractivity contribution in [1.82, 2.24) is 20.9 Å². The fraction of sp³-hybridized carbons (Fsp3) is 0.704. The number of nitrogens with one attached hydrogen (secondary N) is 3. The third-order valence-electron chi connectivity index (χ3n) is 7.22. The van der Waals surface area contributed by atoms with Gasteiger partial charge in [0.05, 0.1) is 24.9 Å². The van der Waals surface area contributed by atoms with Crippen molar-refractivity contribution in [1.29, 1.82) is 0 Å². The molecule has 2 aliphatic rings. The monoisotopic (exact) mass is 522 g/mol. The van der Waals surface area contributed by atoms with E-state index >= 15 is 0 Å². The molecule has 0 bridgehead atoms. The van der Waals surface area contributed by atoms with E-state index < -0.39 is 12.2 Å². The fourth-order valence-corrected chi connectivity index (χ4v) is 5.82. The normalized spacial score (nSPS) is 25.8. The number of likely N-dealkylation sites (N-methyl/N-ethyl adjacent to an activating group) is 1. The number of hydrogen-bond donors (Lipinski definition) is 4. The number of benzene rings is 1. The Morgan fingerprint density at radius 3 is 2.70 bits per heavy atom. The van der Waals surface area contributed by atoms with Crippen LogP contribution >= 0.6 is 0 Å². The summed E-state index contributed by atoms with van der Waals surface area (Å²) in [4.78, 5) is 26.0. The van der Waals surface area contributed by atoms with Crippen LogP contribution in [0.25, 0.3) is 0 Å². The first-order chi connectivity index (χ1) is 17.7. The second-order valence-electron chi connectivity index (χ2n) is 10.5. The van der Waals surface area contributed by atoms with Gasteiger partial charge in [0.1, 0.15) is 5.82 Å². The van der Waals surface area contributed by atoms with Crippen molar-refractivity contribution in [2.45, 2.75) is 70.3 Å². The topological polar surface area (TPSA) is 112 Å². The standard InChI is InChI=1S/C27H43FN4O5/c1-18-12-20(13-19(2)37-18)14-24(16-29-3)31-26(33)32-10-5-7-22(17-32)25(36-11-9-30-27(34)35)21-6-4-8-23(28)15-21/h4,6,8,15,18-20,22,24-25,29-30H,5,7,9-14,16-17H2,1-3H3,(H,31,33)(H,34,35)/t18-,19+,20-,22-,24+,25+/m1/s1. The lowest BCUT2D eigenvalue weighted by Crippen LogP contribution is -2.52. The van der Waals surface area contributed by atoms with Gasteiger partial charge in [-0.25, -0.2) is 14.0 Å². The van der Waals surface area contributed by atoms with Crippen molar-refractivity contribution in [3.8, 4) is 0 Å². The van der Waals surface area contributed by atoms with Gasteiger partial charge in [-0.15, -0.1) is 0 Å². The Morgan fingerprint density at radius 1 is 1.27 bits per heavy atom. The molecular weight excluding hydrogens is 479 g/mol. The molecule has 37 heavy (non-hydrogen) atoms. The minimum absolute atomic E-state index is 0.0118. The summed E-state index contributed by atoms with van der Waals surface area (Å²) in [5.74, 6) is 0.106. The number of piperidine rings is 1. The summed E-state index contributed by atoms with van der Waals surface area (Å²) in [6.07, 6.45) is 3.42. The fourth-order valence-electron chi connectivity index (χ4n) is 5.82. The van der Waals surface area contributed by atoms with Crippen molar-refractivity contribution in [3.63, 3.8) is 0 Å². The zero-order chi connectivity index (χ0) is 26.8. The van der Waals surface area contributed by atoms with Gasteiger partial charge in [-0.2, -0.15) is 0 Å². The van der Waals surface area contributed by atoms with E-state index in [4.69, 9.17) is 14.6 Å². The molecule has 0 spiro atoms. The number of carbonyl (C=O) groups is 2. The molecule has 3 amide bonds. The number of hydrogen-bond acceptors (Lipinski definition) is 5. The first-order valence-electron chi connectivity index (χ1n) is 13.4. The van der Waals surface area contributed by atoms with E-state index in [9.17, 15) is 14.0 Å². The van der Waals surface area contributed by atoms with E-state index in [1.54, 1.807) is 6.07 Å². The van der Waals surface area contributed by atoms with E-state index in [1.165, 1.54) is 12.1 Å². The van der Waals surface area contributed by atoms with Crippen molar-refractivity contribution in [2.75, 3.05) is 39.8 Å². The van der Waals surface area contributed by atoms with Gasteiger partial charge in [-0.05, 0) is 76.6 Å². The molecule has 1 aromatic rings. The molecule has 208 valence electrons. The van der Waals surface area contributed by atoms with Crippen molar-refractivity contribution >= 4 is 12.1 Å². The molecular formula is C27H43FN4O5. The smallest absolute Gasteiger partial charge is 0.404 e. The molecule has 2 fully saturated rings.